The van der Waals surface area contributed by atoms with Crippen molar-refractivity contribution in [2.45, 2.75) is 26.4 Å². The van der Waals surface area contributed by atoms with E-state index in [0.29, 0.717) is 0 Å². The number of hydrogen-bond acceptors (Lipinski definition) is 3. The summed E-state index contributed by atoms with van der Waals surface area (Å²) in [5.41, 5.74) is -0.567. The van der Waals surface area contributed by atoms with Gasteiger partial charge in [-0.25, -0.2) is 4.79 Å². The van der Waals surface area contributed by atoms with Crippen LogP contribution in [0.3, 0.4) is 0 Å². The van der Waals surface area contributed by atoms with E-state index in [2.05, 4.69) is 4.74 Å². The second kappa shape index (κ2) is 2.22. The van der Waals surface area contributed by atoms with Crippen LogP contribution in [0.5, 0.6) is 0 Å². The Morgan fingerprint density at radius 2 is 2.27 bits per heavy atom. The molecule has 62 valence electrons. The third-order valence-electron chi connectivity index (χ3n) is 1.78. The summed E-state index contributed by atoms with van der Waals surface area (Å²) in [5, 5.41) is 8.59. The number of aliphatic carboxylic acids is 1. The number of esters is 1. The molecule has 1 aliphatic heterocycles. The lowest BCUT2D eigenvalue weighted by molar-refractivity contribution is -0.159. The summed E-state index contributed by atoms with van der Waals surface area (Å²) in [6.07, 6.45) is -0.792. The molecule has 0 saturated carbocycles. The van der Waals surface area contributed by atoms with E-state index in [0.717, 1.165) is 0 Å². The lowest BCUT2D eigenvalue weighted by Gasteiger charge is -2.18. The third-order valence-corrected chi connectivity index (χ3v) is 1.78. The van der Waals surface area contributed by atoms with Gasteiger partial charge in [-0.05, 0) is 0 Å². The topological polar surface area (TPSA) is 63.6 Å². The summed E-state index contributed by atoms with van der Waals surface area (Å²) < 4.78 is 4.60. The van der Waals surface area contributed by atoms with Crippen LogP contribution in [0.15, 0.2) is 0 Å². The lowest BCUT2D eigenvalue weighted by atomic mass is 9.86. The molecule has 1 fully saturated rings. The highest BCUT2D eigenvalue weighted by molar-refractivity contribution is 5.83. The first-order chi connectivity index (χ1) is 4.93. The highest BCUT2D eigenvalue weighted by Gasteiger charge is 2.46. The maximum atomic E-state index is 10.7. The van der Waals surface area contributed by atoms with Gasteiger partial charge in [-0.2, -0.15) is 0 Å². The predicted molar refractivity (Wildman–Crippen MR) is 35.9 cm³/mol. The zero-order chi connectivity index (χ0) is 8.65. The monoisotopic (exact) mass is 158 g/mol. The summed E-state index contributed by atoms with van der Waals surface area (Å²) in [5.74, 6) is -1.50. The summed E-state index contributed by atoms with van der Waals surface area (Å²) >= 11 is 0. The largest absolute Gasteiger partial charge is 0.478 e. The van der Waals surface area contributed by atoms with Crippen LogP contribution in [0, 0.1) is 5.41 Å². The number of carboxylic acids is 1. The fourth-order valence-electron chi connectivity index (χ4n) is 1.18. The Labute approximate surface area is 64.2 Å². The molecule has 1 aliphatic rings. The predicted octanol–water partition coefficient (Wildman–Crippen LogP) is 0.413. The normalized spacial score (nSPS) is 28.2. The van der Waals surface area contributed by atoms with Gasteiger partial charge < -0.3 is 9.84 Å². The molecule has 0 aromatic rings. The van der Waals surface area contributed by atoms with E-state index < -0.39 is 23.5 Å². The zero-order valence-electron chi connectivity index (χ0n) is 6.46. The third kappa shape index (κ3) is 1.34. The van der Waals surface area contributed by atoms with E-state index >= 15 is 0 Å². The van der Waals surface area contributed by atoms with Crippen molar-refractivity contribution in [1.29, 1.82) is 0 Å². The minimum Gasteiger partial charge on any atom is -0.478 e. The van der Waals surface area contributed by atoms with Crippen molar-refractivity contribution in [3.8, 4) is 0 Å². The van der Waals surface area contributed by atoms with E-state index in [9.17, 15) is 9.59 Å². The van der Waals surface area contributed by atoms with Crippen LogP contribution in [0.2, 0.25) is 0 Å². The van der Waals surface area contributed by atoms with E-state index in [4.69, 9.17) is 5.11 Å². The molecule has 1 unspecified atom stereocenters. The number of hydrogen-bond donors (Lipinski definition) is 1. The van der Waals surface area contributed by atoms with E-state index in [1.807, 2.05) is 0 Å². The smallest absolute Gasteiger partial charge is 0.345 e. The number of rotatable bonds is 1. The first-order valence-electron chi connectivity index (χ1n) is 3.36. The van der Waals surface area contributed by atoms with E-state index in [1.54, 1.807) is 13.8 Å². The molecule has 1 atom stereocenters. The van der Waals surface area contributed by atoms with Crippen molar-refractivity contribution in [1.82, 2.24) is 0 Å². The molecular formula is C7H10O4. The highest BCUT2D eigenvalue weighted by Crippen LogP contribution is 2.34. The SMILES string of the molecule is CC1(C)CC(=O)OC1C(=O)O. The van der Waals surface area contributed by atoms with Crippen molar-refractivity contribution >= 4 is 11.9 Å². The van der Waals surface area contributed by atoms with Crippen molar-refractivity contribution in [2.24, 2.45) is 5.41 Å². The van der Waals surface area contributed by atoms with Crippen LogP contribution in [0.4, 0.5) is 0 Å². The molecular weight excluding hydrogens is 148 g/mol. The lowest BCUT2D eigenvalue weighted by Crippen LogP contribution is -2.32. The maximum Gasteiger partial charge on any atom is 0.345 e. The van der Waals surface area contributed by atoms with Gasteiger partial charge in [0.25, 0.3) is 0 Å². The molecule has 4 heteroatoms. The van der Waals surface area contributed by atoms with Crippen LogP contribution >= 0.6 is 0 Å². The number of carboxylic acid groups (broad SMARTS) is 1. The van der Waals surface area contributed by atoms with Gasteiger partial charge in [0.2, 0.25) is 6.10 Å². The standard InChI is InChI=1S/C7H10O4/c1-7(2)3-4(8)11-5(7)6(9)10/h5H,3H2,1-2H3,(H,9,10). The van der Waals surface area contributed by atoms with Crippen LogP contribution < -0.4 is 0 Å². The minimum atomic E-state index is -1.07. The second-order valence-electron chi connectivity index (χ2n) is 3.37. The molecule has 0 amide bonds. The molecule has 4 nitrogen and oxygen atoms in total. The molecule has 0 bridgehead atoms. The van der Waals surface area contributed by atoms with Crippen LogP contribution in [-0.2, 0) is 14.3 Å². The van der Waals surface area contributed by atoms with Crippen LogP contribution in [0.25, 0.3) is 0 Å². The second-order valence-corrected chi connectivity index (χ2v) is 3.37. The van der Waals surface area contributed by atoms with Crippen molar-refractivity contribution in [3.63, 3.8) is 0 Å². The first kappa shape index (κ1) is 8.04. The molecule has 0 aromatic carbocycles. The molecule has 11 heavy (non-hydrogen) atoms. The first-order valence-corrected chi connectivity index (χ1v) is 3.36. The molecule has 1 rings (SSSR count). The molecule has 0 aromatic heterocycles. The Hall–Kier alpha value is -1.06. The Morgan fingerprint density at radius 1 is 1.73 bits per heavy atom. The van der Waals surface area contributed by atoms with Crippen molar-refractivity contribution in [3.05, 3.63) is 0 Å². The maximum absolute atomic E-state index is 10.7. The zero-order valence-corrected chi connectivity index (χ0v) is 6.46. The number of ether oxygens (including phenoxy) is 1. The van der Waals surface area contributed by atoms with Gasteiger partial charge >= 0.3 is 11.9 Å². The van der Waals surface area contributed by atoms with Gasteiger partial charge in [-0.3, -0.25) is 4.79 Å². The average Bonchev–Trinajstić information content (AvgIpc) is 2.04. The highest BCUT2D eigenvalue weighted by atomic mass is 16.6. The van der Waals surface area contributed by atoms with Crippen molar-refractivity contribution in [2.75, 3.05) is 0 Å². The Morgan fingerprint density at radius 3 is 2.45 bits per heavy atom. The Bertz CT molecular complexity index is 206. The summed E-state index contributed by atoms with van der Waals surface area (Å²) in [6.45, 7) is 3.41. The molecule has 1 saturated heterocycles. The van der Waals surface area contributed by atoms with Gasteiger partial charge in [-0.15, -0.1) is 0 Å². The van der Waals surface area contributed by atoms with Gasteiger partial charge in [0.1, 0.15) is 0 Å². The summed E-state index contributed by atoms with van der Waals surface area (Å²) in [7, 11) is 0. The number of cyclic esters (lactones) is 1. The van der Waals surface area contributed by atoms with E-state index in [1.165, 1.54) is 0 Å². The van der Waals surface area contributed by atoms with Gasteiger partial charge in [0, 0.05) is 5.41 Å². The fourth-order valence-corrected chi connectivity index (χ4v) is 1.18. The van der Waals surface area contributed by atoms with Gasteiger partial charge in [0.05, 0.1) is 6.42 Å². The Kier molecular flexibility index (Phi) is 1.62. The summed E-state index contributed by atoms with van der Waals surface area (Å²) in [6, 6.07) is 0. The van der Waals surface area contributed by atoms with Crippen LogP contribution in [-0.4, -0.2) is 23.1 Å². The molecule has 1 N–H and O–H groups in total. The van der Waals surface area contributed by atoms with E-state index in [-0.39, 0.29) is 6.42 Å². The molecule has 0 aliphatic carbocycles. The molecule has 0 radical (unpaired) electrons. The number of carbonyl (C=O) groups is 2. The van der Waals surface area contributed by atoms with Gasteiger partial charge in [-0.1, -0.05) is 13.8 Å². The van der Waals surface area contributed by atoms with Crippen LogP contribution in [0.1, 0.15) is 20.3 Å². The Balaban J connectivity index is 2.82. The summed E-state index contributed by atoms with van der Waals surface area (Å²) in [4.78, 5) is 21.2. The number of carbonyl (C=O) groups excluding carboxylic acids is 1. The average molecular weight is 158 g/mol. The molecule has 0 spiro atoms. The minimum absolute atomic E-state index is 0.184. The van der Waals surface area contributed by atoms with Crippen molar-refractivity contribution < 1.29 is 19.4 Å². The fraction of sp³-hybridized carbons (Fsp3) is 0.714. The molecule has 1 heterocycles. The quantitative estimate of drug-likeness (QED) is 0.561. The van der Waals surface area contributed by atoms with Gasteiger partial charge in [0.15, 0.2) is 0 Å².